The Labute approximate surface area is 163 Å². The average Bonchev–Trinajstić information content (AvgIpc) is 2.97. The first-order valence-corrected chi connectivity index (χ1v) is 9.86. The Morgan fingerprint density at radius 1 is 1.29 bits per heavy atom. The molecule has 0 unspecified atom stereocenters. The van der Waals surface area contributed by atoms with Crippen LogP contribution in [0.1, 0.15) is 28.6 Å². The molecule has 0 N–H and O–H groups in total. The smallest absolute Gasteiger partial charge is 0.254 e. The number of hydrogen-bond donors (Lipinski definition) is 0. The Bertz CT molecular complexity index is 718. The Hall–Kier alpha value is -1.05. The first kappa shape index (κ1) is 19.3. The maximum Gasteiger partial charge on any atom is 0.254 e. The molecule has 0 fully saturated rings. The monoisotopic (exact) mass is 475 g/mol. The van der Waals surface area contributed by atoms with Gasteiger partial charge in [-0.15, -0.1) is 11.3 Å². The van der Waals surface area contributed by atoms with E-state index in [1.54, 1.807) is 42.5 Å². The molecule has 7 heteroatoms. The molecule has 0 atom stereocenters. The third kappa shape index (κ3) is 4.74. The standard InChI is InChI=1S/C17H19Br2NO3S/c1-4-7-23-16-13(18)8-11(9-14(16)22-3)17(21)20(2)10-12-5-6-15(19)24-12/h5-6,8-9H,4,7,10H2,1-3H3. The maximum atomic E-state index is 12.7. The summed E-state index contributed by atoms with van der Waals surface area (Å²) < 4.78 is 12.9. The summed E-state index contributed by atoms with van der Waals surface area (Å²) in [6, 6.07) is 7.49. The minimum Gasteiger partial charge on any atom is -0.493 e. The first-order valence-electron chi connectivity index (χ1n) is 7.46. The minimum atomic E-state index is -0.0689. The lowest BCUT2D eigenvalue weighted by Crippen LogP contribution is -2.25. The van der Waals surface area contributed by atoms with Crippen LogP contribution in [0.4, 0.5) is 0 Å². The highest BCUT2D eigenvalue weighted by molar-refractivity contribution is 9.11. The minimum absolute atomic E-state index is 0.0689. The molecule has 2 rings (SSSR count). The molecular formula is C17H19Br2NO3S. The number of benzene rings is 1. The van der Waals surface area contributed by atoms with E-state index in [4.69, 9.17) is 9.47 Å². The molecule has 0 bridgehead atoms. The van der Waals surface area contributed by atoms with Crippen molar-refractivity contribution in [3.8, 4) is 11.5 Å². The zero-order chi connectivity index (χ0) is 17.7. The lowest BCUT2D eigenvalue weighted by molar-refractivity contribution is 0.0786. The van der Waals surface area contributed by atoms with Crippen LogP contribution in [0.3, 0.4) is 0 Å². The van der Waals surface area contributed by atoms with E-state index in [0.717, 1.165) is 15.1 Å². The number of nitrogens with zero attached hydrogens (tertiary/aromatic N) is 1. The number of hydrogen-bond acceptors (Lipinski definition) is 4. The molecule has 1 aromatic carbocycles. The molecule has 0 aliphatic heterocycles. The quantitative estimate of drug-likeness (QED) is 0.541. The normalized spacial score (nSPS) is 10.5. The van der Waals surface area contributed by atoms with Crippen LogP contribution in [0, 0.1) is 0 Å². The van der Waals surface area contributed by atoms with E-state index in [1.165, 1.54) is 0 Å². The lowest BCUT2D eigenvalue weighted by Gasteiger charge is -2.18. The number of rotatable bonds is 7. The van der Waals surface area contributed by atoms with E-state index in [1.807, 2.05) is 19.1 Å². The van der Waals surface area contributed by atoms with Gasteiger partial charge in [0.15, 0.2) is 11.5 Å². The molecule has 0 aliphatic carbocycles. The summed E-state index contributed by atoms with van der Waals surface area (Å²) in [4.78, 5) is 15.5. The Morgan fingerprint density at radius 3 is 2.62 bits per heavy atom. The van der Waals surface area contributed by atoms with Gasteiger partial charge in [0.25, 0.3) is 5.91 Å². The van der Waals surface area contributed by atoms with Gasteiger partial charge in [0.2, 0.25) is 0 Å². The third-order valence-electron chi connectivity index (χ3n) is 3.30. The Morgan fingerprint density at radius 2 is 2.04 bits per heavy atom. The van der Waals surface area contributed by atoms with E-state index < -0.39 is 0 Å². The number of methoxy groups -OCH3 is 1. The third-order valence-corrected chi connectivity index (χ3v) is 5.49. The average molecular weight is 477 g/mol. The fraction of sp³-hybridized carbons (Fsp3) is 0.353. The topological polar surface area (TPSA) is 38.8 Å². The van der Waals surface area contributed by atoms with Crippen molar-refractivity contribution in [2.24, 2.45) is 0 Å². The molecular weight excluding hydrogens is 458 g/mol. The maximum absolute atomic E-state index is 12.7. The Kier molecular flexibility index (Phi) is 7.13. The molecule has 0 saturated carbocycles. The van der Waals surface area contributed by atoms with Gasteiger partial charge in [-0.05, 0) is 62.5 Å². The molecule has 1 amide bonds. The number of carbonyl (C=O) groups excluding carboxylic acids is 1. The van der Waals surface area contributed by atoms with Crippen molar-refractivity contribution in [1.82, 2.24) is 4.90 Å². The second-order valence-electron chi connectivity index (χ2n) is 5.20. The summed E-state index contributed by atoms with van der Waals surface area (Å²) in [5, 5.41) is 0. The lowest BCUT2D eigenvalue weighted by atomic mass is 10.1. The van der Waals surface area contributed by atoms with Gasteiger partial charge in [-0.1, -0.05) is 6.92 Å². The van der Waals surface area contributed by atoms with Crippen molar-refractivity contribution in [3.63, 3.8) is 0 Å². The van der Waals surface area contributed by atoms with Crippen molar-refractivity contribution in [1.29, 1.82) is 0 Å². The second-order valence-corrected chi connectivity index (χ2v) is 8.61. The van der Waals surface area contributed by atoms with Gasteiger partial charge < -0.3 is 14.4 Å². The number of halogens is 2. The van der Waals surface area contributed by atoms with Crippen LogP contribution in [-0.2, 0) is 6.54 Å². The van der Waals surface area contributed by atoms with Gasteiger partial charge in [-0.25, -0.2) is 0 Å². The molecule has 0 aliphatic rings. The highest BCUT2D eigenvalue weighted by Crippen LogP contribution is 2.37. The molecule has 0 spiro atoms. The number of carbonyl (C=O) groups is 1. The highest BCUT2D eigenvalue weighted by atomic mass is 79.9. The van der Waals surface area contributed by atoms with E-state index in [-0.39, 0.29) is 5.91 Å². The zero-order valence-corrected chi connectivity index (χ0v) is 17.8. The van der Waals surface area contributed by atoms with E-state index in [9.17, 15) is 4.79 Å². The van der Waals surface area contributed by atoms with Crippen molar-refractivity contribution in [3.05, 3.63) is 43.0 Å². The SMILES string of the molecule is CCCOc1c(Br)cc(C(=O)N(C)Cc2ccc(Br)s2)cc1OC. The van der Waals surface area contributed by atoms with Crippen LogP contribution >= 0.6 is 43.2 Å². The van der Waals surface area contributed by atoms with Crippen LogP contribution < -0.4 is 9.47 Å². The number of thiophene rings is 1. The van der Waals surface area contributed by atoms with Gasteiger partial charge in [0, 0.05) is 17.5 Å². The van der Waals surface area contributed by atoms with E-state index >= 15 is 0 Å². The van der Waals surface area contributed by atoms with Gasteiger partial charge in [0.1, 0.15) is 0 Å². The van der Waals surface area contributed by atoms with Crippen LogP contribution in [0.5, 0.6) is 11.5 Å². The molecule has 130 valence electrons. The molecule has 0 radical (unpaired) electrons. The zero-order valence-electron chi connectivity index (χ0n) is 13.8. The van der Waals surface area contributed by atoms with Gasteiger partial charge >= 0.3 is 0 Å². The molecule has 0 saturated heterocycles. The van der Waals surface area contributed by atoms with Crippen molar-refractivity contribution < 1.29 is 14.3 Å². The first-order chi connectivity index (χ1) is 11.5. The van der Waals surface area contributed by atoms with Crippen LogP contribution in [0.2, 0.25) is 0 Å². The van der Waals surface area contributed by atoms with Gasteiger partial charge in [-0.3, -0.25) is 4.79 Å². The summed E-state index contributed by atoms with van der Waals surface area (Å²) in [6.07, 6.45) is 0.898. The summed E-state index contributed by atoms with van der Waals surface area (Å²) in [5.74, 6) is 1.11. The van der Waals surface area contributed by atoms with Crippen molar-refractivity contribution in [2.75, 3.05) is 20.8 Å². The molecule has 2 aromatic rings. The predicted molar refractivity (Wildman–Crippen MR) is 104 cm³/mol. The molecule has 1 aromatic heterocycles. The van der Waals surface area contributed by atoms with Crippen LogP contribution in [0.25, 0.3) is 0 Å². The second kappa shape index (κ2) is 8.87. The van der Waals surface area contributed by atoms with Gasteiger partial charge in [-0.2, -0.15) is 0 Å². The summed E-state index contributed by atoms with van der Waals surface area (Å²) >= 11 is 8.54. The van der Waals surface area contributed by atoms with Crippen molar-refractivity contribution >= 4 is 49.1 Å². The number of ether oxygens (including phenoxy) is 2. The fourth-order valence-electron chi connectivity index (χ4n) is 2.15. The highest BCUT2D eigenvalue weighted by Gasteiger charge is 2.18. The van der Waals surface area contributed by atoms with Crippen molar-refractivity contribution in [2.45, 2.75) is 19.9 Å². The summed E-state index contributed by atoms with van der Waals surface area (Å²) in [5.41, 5.74) is 0.556. The summed E-state index contributed by atoms with van der Waals surface area (Å²) in [6.45, 7) is 3.19. The molecule has 1 heterocycles. The molecule has 24 heavy (non-hydrogen) atoms. The van der Waals surface area contributed by atoms with E-state index in [0.29, 0.717) is 34.7 Å². The Balaban J connectivity index is 2.20. The number of amides is 1. The predicted octanol–water partition coefficient (Wildman–Crippen LogP) is 5.34. The van der Waals surface area contributed by atoms with Gasteiger partial charge in [0.05, 0.1) is 28.5 Å². The van der Waals surface area contributed by atoms with Crippen LogP contribution in [0.15, 0.2) is 32.5 Å². The van der Waals surface area contributed by atoms with E-state index in [2.05, 4.69) is 31.9 Å². The summed E-state index contributed by atoms with van der Waals surface area (Å²) in [7, 11) is 3.36. The molecule has 4 nitrogen and oxygen atoms in total. The van der Waals surface area contributed by atoms with Crippen LogP contribution in [-0.4, -0.2) is 31.6 Å². The fourth-order valence-corrected chi connectivity index (χ4v) is 4.24. The largest absolute Gasteiger partial charge is 0.493 e.